The lowest BCUT2D eigenvalue weighted by atomic mass is 9.94. The zero-order chi connectivity index (χ0) is 20.7. The van der Waals surface area contributed by atoms with Crippen LogP contribution >= 0.6 is 0 Å². The summed E-state index contributed by atoms with van der Waals surface area (Å²) >= 11 is -1.65. The molecule has 4 rings (SSSR count). The molecule has 3 N–H and O–H groups in total. The highest BCUT2D eigenvalue weighted by Gasteiger charge is 2.50. The lowest BCUT2D eigenvalue weighted by molar-refractivity contribution is -0.140. The fraction of sp³-hybridized carbons (Fsp3) is 0.350. The van der Waals surface area contributed by atoms with E-state index in [1.807, 2.05) is 0 Å². The van der Waals surface area contributed by atoms with Crippen LogP contribution in [0.15, 0.2) is 36.4 Å². The smallest absolute Gasteiger partial charge is 0.226 e. The Bertz CT molecular complexity index is 967. The van der Waals surface area contributed by atoms with E-state index in [4.69, 9.17) is 5.14 Å². The van der Waals surface area contributed by atoms with Crippen molar-refractivity contribution < 1.29 is 22.2 Å². The van der Waals surface area contributed by atoms with Crippen LogP contribution in [0.5, 0.6) is 0 Å². The van der Waals surface area contributed by atoms with Crippen LogP contribution in [0.2, 0.25) is 0 Å². The highest BCUT2D eigenvalue weighted by Crippen LogP contribution is 2.53. The van der Waals surface area contributed by atoms with Gasteiger partial charge in [-0.1, -0.05) is 18.2 Å². The first-order chi connectivity index (χ1) is 13.9. The van der Waals surface area contributed by atoms with Gasteiger partial charge in [-0.15, -0.1) is 0 Å². The SMILES string of the molecule is NS(=O)NC[C@@H]1CCN1C(=O)C1CC1c1c(F)cccc1-c1c(F)cccc1F. The van der Waals surface area contributed by atoms with E-state index in [0.717, 1.165) is 18.6 Å². The summed E-state index contributed by atoms with van der Waals surface area (Å²) in [6, 6.07) is 7.52. The van der Waals surface area contributed by atoms with Crippen molar-refractivity contribution in [1.29, 1.82) is 0 Å². The van der Waals surface area contributed by atoms with E-state index in [1.54, 1.807) is 4.90 Å². The highest BCUT2D eigenvalue weighted by molar-refractivity contribution is 7.80. The molecule has 0 aromatic heterocycles. The summed E-state index contributed by atoms with van der Waals surface area (Å²) in [7, 11) is 0. The number of hydrogen-bond acceptors (Lipinski definition) is 2. The number of halogens is 3. The number of nitrogens with zero attached hydrogens (tertiary/aromatic N) is 1. The van der Waals surface area contributed by atoms with Gasteiger partial charge in [-0.3, -0.25) is 4.79 Å². The maximum Gasteiger partial charge on any atom is 0.226 e. The zero-order valence-corrected chi connectivity index (χ0v) is 16.2. The molecule has 9 heteroatoms. The number of carbonyl (C=O) groups is 1. The topological polar surface area (TPSA) is 75.4 Å². The van der Waals surface area contributed by atoms with Crippen LogP contribution in [0, 0.1) is 23.4 Å². The second-order valence-corrected chi connectivity index (χ2v) is 8.25. The molecule has 154 valence electrons. The molecule has 1 saturated heterocycles. The Morgan fingerprint density at radius 2 is 1.79 bits per heavy atom. The molecule has 1 aliphatic heterocycles. The lowest BCUT2D eigenvalue weighted by Crippen LogP contribution is -2.56. The Hall–Kier alpha value is -2.23. The Morgan fingerprint density at radius 1 is 1.14 bits per heavy atom. The van der Waals surface area contributed by atoms with Crippen LogP contribution in [0.4, 0.5) is 13.2 Å². The number of carbonyl (C=O) groups excluding carboxylic acids is 1. The predicted molar refractivity (Wildman–Crippen MR) is 103 cm³/mol. The Labute approximate surface area is 168 Å². The van der Waals surface area contributed by atoms with Gasteiger partial charge in [0.05, 0.1) is 5.56 Å². The van der Waals surface area contributed by atoms with Crippen LogP contribution in [0.1, 0.15) is 24.3 Å². The minimum Gasteiger partial charge on any atom is -0.338 e. The second kappa shape index (κ2) is 7.89. The van der Waals surface area contributed by atoms with E-state index in [-0.39, 0.29) is 28.6 Å². The third kappa shape index (κ3) is 3.82. The second-order valence-electron chi connectivity index (χ2n) is 7.37. The van der Waals surface area contributed by atoms with Crippen molar-refractivity contribution in [3.63, 3.8) is 0 Å². The zero-order valence-electron chi connectivity index (χ0n) is 15.4. The quantitative estimate of drug-likeness (QED) is 0.750. The fourth-order valence-electron chi connectivity index (χ4n) is 4.01. The molecule has 1 amide bonds. The summed E-state index contributed by atoms with van der Waals surface area (Å²) in [6.45, 7) is 0.884. The molecule has 1 heterocycles. The van der Waals surface area contributed by atoms with Crippen molar-refractivity contribution in [3.05, 3.63) is 59.4 Å². The van der Waals surface area contributed by atoms with Gasteiger partial charge >= 0.3 is 0 Å². The van der Waals surface area contributed by atoms with Crippen LogP contribution < -0.4 is 9.86 Å². The van der Waals surface area contributed by atoms with Gasteiger partial charge in [-0.05, 0) is 48.1 Å². The number of amides is 1. The van der Waals surface area contributed by atoms with Gasteiger partial charge in [0.1, 0.15) is 17.5 Å². The number of likely N-dealkylation sites (tertiary alicyclic amines) is 1. The standard InChI is InChI=1S/C20H20F3N3O2S/c21-15-4-1-3-12(19-16(22)5-2-6-17(19)23)18(15)13-9-14(13)20(27)26-8-7-11(26)10-25-29(24)28/h1-6,11,13-14,25H,7-10,24H2/t11-,13?,14?,29?/m0/s1. The lowest BCUT2D eigenvalue weighted by Gasteiger charge is -2.41. The summed E-state index contributed by atoms with van der Waals surface area (Å²) in [5.41, 5.74) is 0.0333. The van der Waals surface area contributed by atoms with Crippen LogP contribution in [-0.4, -0.2) is 34.1 Å². The van der Waals surface area contributed by atoms with Crippen molar-refractivity contribution in [3.8, 4) is 11.1 Å². The molecule has 2 aromatic rings. The number of benzene rings is 2. The summed E-state index contributed by atoms with van der Waals surface area (Å²) < 4.78 is 56.9. The minimum atomic E-state index is -1.65. The monoisotopic (exact) mass is 423 g/mol. The summed E-state index contributed by atoms with van der Waals surface area (Å²) in [5.74, 6) is -3.12. The van der Waals surface area contributed by atoms with E-state index in [0.29, 0.717) is 19.5 Å². The Kier molecular flexibility index (Phi) is 5.46. The molecule has 29 heavy (non-hydrogen) atoms. The molecule has 2 aliphatic rings. The van der Waals surface area contributed by atoms with Crippen molar-refractivity contribution in [2.75, 3.05) is 13.1 Å². The third-order valence-corrected chi connectivity index (χ3v) is 6.10. The fourth-order valence-corrected chi connectivity index (χ4v) is 4.37. The van der Waals surface area contributed by atoms with Crippen LogP contribution in [0.25, 0.3) is 11.1 Å². The number of hydrogen-bond donors (Lipinski definition) is 2. The van der Waals surface area contributed by atoms with Crippen molar-refractivity contribution in [2.45, 2.75) is 24.8 Å². The first-order valence-corrected chi connectivity index (χ1v) is 10.5. The van der Waals surface area contributed by atoms with Crippen molar-refractivity contribution >= 4 is 17.1 Å². The summed E-state index contributed by atoms with van der Waals surface area (Å²) in [5, 5.41) is 5.18. The minimum absolute atomic E-state index is 0.111. The molecule has 1 saturated carbocycles. The highest BCUT2D eigenvalue weighted by atomic mass is 32.2. The van der Waals surface area contributed by atoms with Crippen molar-refractivity contribution in [1.82, 2.24) is 9.62 Å². The molecule has 4 atom stereocenters. The number of nitrogens with one attached hydrogen (secondary N) is 1. The van der Waals surface area contributed by atoms with Gasteiger partial charge in [0.15, 0.2) is 11.2 Å². The molecule has 0 radical (unpaired) electrons. The summed E-state index contributed by atoms with van der Waals surface area (Å²) in [4.78, 5) is 14.5. The van der Waals surface area contributed by atoms with E-state index in [2.05, 4.69) is 4.72 Å². The van der Waals surface area contributed by atoms with Gasteiger partial charge in [0, 0.05) is 25.0 Å². The Balaban J connectivity index is 1.57. The number of rotatable bonds is 6. The van der Waals surface area contributed by atoms with E-state index >= 15 is 0 Å². The molecular formula is C20H20F3N3O2S. The van der Waals surface area contributed by atoms with Crippen LogP contribution in [0.3, 0.4) is 0 Å². The van der Waals surface area contributed by atoms with Crippen molar-refractivity contribution in [2.24, 2.45) is 11.1 Å². The molecular weight excluding hydrogens is 403 g/mol. The molecule has 2 fully saturated rings. The molecule has 2 aromatic carbocycles. The Morgan fingerprint density at radius 3 is 2.41 bits per heavy atom. The van der Waals surface area contributed by atoms with E-state index < -0.39 is 40.5 Å². The average molecular weight is 423 g/mol. The maximum atomic E-state index is 14.7. The van der Waals surface area contributed by atoms with E-state index in [9.17, 15) is 22.2 Å². The molecule has 5 nitrogen and oxygen atoms in total. The summed E-state index contributed by atoms with van der Waals surface area (Å²) in [6.07, 6.45) is 1.18. The third-order valence-electron chi connectivity index (χ3n) is 5.65. The van der Waals surface area contributed by atoms with Gasteiger partial charge in [0.2, 0.25) is 5.91 Å². The molecule has 3 unspecified atom stereocenters. The van der Waals surface area contributed by atoms with Gasteiger partial charge in [-0.2, -0.15) is 0 Å². The average Bonchev–Trinajstić information content (AvgIpc) is 3.41. The molecule has 0 spiro atoms. The van der Waals surface area contributed by atoms with E-state index in [1.165, 1.54) is 24.3 Å². The van der Waals surface area contributed by atoms with Crippen LogP contribution in [-0.2, 0) is 16.0 Å². The molecule has 1 aliphatic carbocycles. The van der Waals surface area contributed by atoms with Gasteiger partial charge < -0.3 is 4.90 Å². The predicted octanol–water partition coefficient (Wildman–Crippen LogP) is 2.60. The van der Waals surface area contributed by atoms with Gasteiger partial charge in [0.25, 0.3) is 0 Å². The molecule has 0 bridgehead atoms. The number of nitrogens with two attached hydrogens (primary N) is 1. The first kappa shape index (κ1) is 20.1. The normalized spacial score (nSPS) is 24.1. The van der Waals surface area contributed by atoms with Gasteiger partial charge in [-0.25, -0.2) is 27.2 Å². The maximum absolute atomic E-state index is 14.7. The first-order valence-electron chi connectivity index (χ1n) is 9.31. The largest absolute Gasteiger partial charge is 0.338 e.